The minimum Gasteiger partial charge on any atom is -0.392 e. The van der Waals surface area contributed by atoms with Gasteiger partial charge in [0.1, 0.15) is 22.8 Å². The van der Waals surface area contributed by atoms with Gasteiger partial charge in [0.15, 0.2) is 0 Å². The summed E-state index contributed by atoms with van der Waals surface area (Å²) in [6.45, 7) is 9.66. The Labute approximate surface area is 277 Å². The molecule has 48 heavy (non-hydrogen) atoms. The summed E-state index contributed by atoms with van der Waals surface area (Å²) in [4.78, 5) is 41.0. The van der Waals surface area contributed by atoms with Gasteiger partial charge in [-0.1, -0.05) is 13.8 Å². The molecule has 5 aromatic rings. The predicted molar refractivity (Wildman–Crippen MR) is 184 cm³/mol. The van der Waals surface area contributed by atoms with Crippen LogP contribution < -0.4 is 21.3 Å². The highest BCUT2D eigenvalue weighted by Gasteiger charge is 2.32. The molecule has 0 unspecified atom stereocenters. The SMILES string of the molecule is Cn1cc(-c2ccnc(-n3ccn4c5c(cc4c3=O)CC(C)(C)C5)c2CO)cc(Nc2ccc(N3CCN(C4COC4)CC3)cn2)c1=O. The second-order valence-electron chi connectivity index (χ2n) is 14.0. The lowest BCUT2D eigenvalue weighted by Gasteiger charge is -2.43. The van der Waals surface area contributed by atoms with Gasteiger partial charge in [-0.2, -0.15) is 0 Å². The average Bonchev–Trinajstić information content (AvgIpc) is 3.55. The van der Waals surface area contributed by atoms with E-state index in [-0.39, 0.29) is 23.1 Å². The Bertz CT molecular complexity index is 2140. The number of ether oxygens (including phenoxy) is 1. The number of hydrogen-bond acceptors (Lipinski definition) is 9. The highest BCUT2D eigenvalue weighted by molar-refractivity contribution is 5.73. The maximum Gasteiger partial charge on any atom is 0.280 e. The molecule has 12 nitrogen and oxygen atoms in total. The first-order valence-corrected chi connectivity index (χ1v) is 16.5. The third kappa shape index (κ3) is 5.29. The van der Waals surface area contributed by atoms with Gasteiger partial charge in [-0.05, 0) is 59.7 Å². The van der Waals surface area contributed by atoms with Gasteiger partial charge >= 0.3 is 0 Å². The Hall–Kier alpha value is -4.78. The lowest BCUT2D eigenvalue weighted by atomic mass is 9.90. The quantitative estimate of drug-likeness (QED) is 0.274. The third-order valence-corrected chi connectivity index (χ3v) is 10.1. The van der Waals surface area contributed by atoms with Crippen LogP contribution in [0.2, 0.25) is 0 Å². The van der Waals surface area contributed by atoms with E-state index < -0.39 is 0 Å². The molecular weight excluding hydrogens is 608 g/mol. The van der Waals surface area contributed by atoms with Crippen LogP contribution in [0, 0.1) is 5.41 Å². The van der Waals surface area contributed by atoms with E-state index >= 15 is 0 Å². The summed E-state index contributed by atoms with van der Waals surface area (Å²) in [6, 6.07) is 10.0. The Balaban J connectivity index is 1.07. The number of rotatable bonds is 7. The highest BCUT2D eigenvalue weighted by Crippen LogP contribution is 2.37. The van der Waals surface area contributed by atoms with Crippen LogP contribution in [0.3, 0.4) is 0 Å². The standard InChI is InChI=1S/C36H40N8O4/c1-36(2)16-23-15-30-35(47)44(13-12-43(30)31(23)17-36)33-28(20-45)27(6-7-37-33)24-14-29(34(46)40(3)19-24)39-32-5-4-25(18-38-32)41-8-10-42(11-9-41)26-21-48-22-26/h4-7,12-15,18-19,26,45H,8-11,16-17,20-22H2,1-3H3,(H,38,39). The van der Waals surface area contributed by atoms with Gasteiger partial charge < -0.3 is 29.0 Å². The van der Waals surface area contributed by atoms with E-state index in [2.05, 4.69) is 38.9 Å². The number of anilines is 3. The molecule has 2 fully saturated rings. The van der Waals surface area contributed by atoms with Crippen molar-refractivity contribution in [1.82, 2.24) is 28.4 Å². The molecule has 2 saturated heterocycles. The summed E-state index contributed by atoms with van der Waals surface area (Å²) in [5.74, 6) is 0.907. The molecule has 0 spiro atoms. The molecule has 3 aliphatic rings. The van der Waals surface area contributed by atoms with Gasteiger partial charge in [0.25, 0.3) is 11.1 Å². The number of aromatic nitrogens is 5. The van der Waals surface area contributed by atoms with E-state index in [0.717, 1.165) is 57.9 Å². The van der Waals surface area contributed by atoms with Crippen LogP contribution in [0.5, 0.6) is 0 Å². The van der Waals surface area contributed by atoms with Crippen molar-refractivity contribution in [3.8, 4) is 16.9 Å². The molecular formula is C36H40N8O4. The van der Waals surface area contributed by atoms with Crippen molar-refractivity contribution in [2.75, 3.05) is 49.6 Å². The van der Waals surface area contributed by atoms with Crippen LogP contribution in [-0.2, 0) is 31.2 Å². The van der Waals surface area contributed by atoms with Gasteiger partial charge in [0.2, 0.25) is 0 Å². The number of hydrogen-bond donors (Lipinski definition) is 2. The molecule has 1 aliphatic carbocycles. The van der Waals surface area contributed by atoms with Gasteiger partial charge in [0.05, 0.1) is 37.7 Å². The van der Waals surface area contributed by atoms with E-state index in [1.807, 2.05) is 35.0 Å². The third-order valence-electron chi connectivity index (χ3n) is 10.1. The van der Waals surface area contributed by atoms with Crippen molar-refractivity contribution in [3.63, 3.8) is 0 Å². The van der Waals surface area contributed by atoms with Crippen molar-refractivity contribution >= 4 is 22.7 Å². The van der Waals surface area contributed by atoms with E-state index in [0.29, 0.717) is 45.6 Å². The highest BCUT2D eigenvalue weighted by atomic mass is 16.5. The first kappa shape index (κ1) is 30.5. The van der Waals surface area contributed by atoms with Crippen molar-refractivity contribution in [2.45, 2.75) is 39.3 Å². The summed E-state index contributed by atoms with van der Waals surface area (Å²) in [7, 11) is 1.69. The van der Waals surface area contributed by atoms with Crippen LogP contribution in [0.1, 0.15) is 30.7 Å². The van der Waals surface area contributed by atoms with Crippen LogP contribution in [0.4, 0.5) is 17.2 Å². The normalized spacial score (nSPS) is 17.9. The largest absolute Gasteiger partial charge is 0.392 e. The molecule has 2 N–H and O–H groups in total. The molecule has 0 radical (unpaired) electrons. The lowest BCUT2D eigenvalue weighted by Crippen LogP contribution is -2.56. The monoisotopic (exact) mass is 648 g/mol. The van der Waals surface area contributed by atoms with E-state index in [1.165, 1.54) is 20.4 Å². The van der Waals surface area contributed by atoms with E-state index in [9.17, 15) is 14.7 Å². The Morgan fingerprint density at radius 3 is 2.52 bits per heavy atom. The molecule has 8 rings (SSSR count). The summed E-state index contributed by atoms with van der Waals surface area (Å²) in [5.41, 5.74) is 5.97. The fourth-order valence-corrected chi connectivity index (χ4v) is 7.46. The number of pyridine rings is 3. The summed E-state index contributed by atoms with van der Waals surface area (Å²) in [5, 5.41) is 13.8. The first-order valence-electron chi connectivity index (χ1n) is 16.5. The number of piperazine rings is 1. The first-order chi connectivity index (χ1) is 23.2. The zero-order chi connectivity index (χ0) is 33.2. The smallest absolute Gasteiger partial charge is 0.280 e. The average molecular weight is 649 g/mol. The van der Waals surface area contributed by atoms with Crippen molar-refractivity contribution in [3.05, 3.63) is 98.8 Å². The van der Waals surface area contributed by atoms with Gasteiger partial charge in [-0.15, -0.1) is 0 Å². The van der Waals surface area contributed by atoms with Crippen molar-refractivity contribution in [2.24, 2.45) is 12.5 Å². The molecule has 12 heteroatoms. The molecule has 248 valence electrons. The number of aliphatic hydroxyl groups excluding tert-OH is 1. The minimum absolute atomic E-state index is 0.172. The summed E-state index contributed by atoms with van der Waals surface area (Å²) >= 11 is 0. The molecule has 0 aromatic carbocycles. The maximum atomic E-state index is 13.8. The molecule has 0 bridgehead atoms. The number of nitrogens with zero attached hydrogens (tertiary/aromatic N) is 7. The molecule has 0 amide bonds. The van der Waals surface area contributed by atoms with Crippen molar-refractivity contribution < 1.29 is 9.84 Å². The second-order valence-corrected chi connectivity index (χ2v) is 14.0. The zero-order valence-electron chi connectivity index (χ0n) is 27.5. The topological polar surface area (TPSA) is 122 Å². The molecule has 5 aromatic heterocycles. The molecule has 0 saturated carbocycles. The molecule has 2 aliphatic heterocycles. The zero-order valence-corrected chi connectivity index (χ0v) is 27.5. The molecule has 0 atom stereocenters. The van der Waals surface area contributed by atoms with Gasteiger partial charge in [-0.3, -0.25) is 19.1 Å². The predicted octanol–water partition coefficient (Wildman–Crippen LogP) is 3.13. The van der Waals surface area contributed by atoms with Crippen LogP contribution in [0.15, 0.2) is 70.9 Å². The Kier molecular flexibility index (Phi) is 7.46. The summed E-state index contributed by atoms with van der Waals surface area (Å²) in [6.07, 6.45) is 10.7. The van der Waals surface area contributed by atoms with Crippen LogP contribution >= 0.6 is 0 Å². The maximum absolute atomic E-state index is 13.8. The lowest BCUT2D eigenvalue weighted by molar-refractivity contribution is -0.0660. The van der Waals surface area contributed by atoms with E-state index in [1.54, 1.807) is 37.8 Å². The van der Waals surface area contributed by atoms with Crippen LogP contribution in [0.25, 0.3) is 22.5 Å². The number of aliphatic hydroxyl groups is 1. The van der Waals surface area contributed by atoms with E-state index in [4.69, 9.17) is 4.74 Å². The van der Waals surface area contributed by atoms with Crippen molar-refractivity contribution in [1.29, 1.82) is 0 Å². The van der Waals surface area contributed by atoms with Gasteiger partial charge in [0, 0.05) is 74.8 Å². The fourth-order valence-electron chi connectivity index (χ4n) is 7.46. The Morgan fingerprint density at radius 1 is 1.00 bits per heavy atom. The summed E-state index contributed by atoms with van der Waals surface area (Å²) < 4.78 is 10.3. The number of nitrogens with one attached hydrogen (secondary N) is 1. The number of aryl methyl sites for hydroxylation is 1. The number of fused-ring (bicyclic) bond motifs is 3. The van der Waals surface area contributed by atoms with Crippen LogP contribution in [-0.4, -0.2) is 78.9 Å². The Morgan fingerprint density at radius 2 is 1.81 bits per heavy atom. The minimum atomic E-state index is -0.348. The van der Waals surface area contributed by atoms with Gasteiger partial charge in [-0.25, -0.2) is 9.97 Å². The fraction of sp³-hybridized carbons (Fsp3) is 0.389. The second kappa shape index (κ2) is 11.7. The molecule has 7 heterocycles.